The zero-order valence-corrected chi connectivity index (χ0v) is 17.7. The summed E-state index contributed by atoms with van der Waals surface area (Å²) in [4.78, 5) is 37.1. The van der Waals surface area contributed by atoms with Crippen molar-refractivity contribution in [1.82, 2.24) is 14.7 Å². The van der Waals surface area contributed by atoms with Crippen LogP contribution in [0.3, 0.4) is 0 Å². The van der Waals surface area contributed by atoms with Crippen molar-refractivity contribution in [1.29, 1.82) is 0 Å². The van der Waals surface area contributed by atoms with E-state index in [1.807, 2.05) is 16.7 Å². The van der Waals surface area contributed by atoms with Crippen molar-refractivity contribution in [2.45, 2.75) is 19.4 Å². The van der Waals surface area contributed by atoms with Crippen LogP contribution in [-0.4, -0.2) is 102 Å². The fourth-order valence-corrected chi connectivity index (χ4v) is 4.29. The van der Waals surface area contributed by atoms with E-state index in [0.29, 0.717) is 18.9 Å². The number of rotatable bonds is 5. The van der Waals surface area contributed by atoms with Gasteiger partial charge in [0.05, 0.1) is 6.54 Å². The number of hydrogen-bond donors (Lipinski definition) is 0. The lowest BCUT2D eigenvalue weighted by molar-refractivity contribution is -0.536. The van der Waals surface area contributed by atoms with Crippen LogP contribution in [0.1, 0.15) is 13.3 Å². The maximum Gasteiger partial charge on any atom is 0.333 e. The van der Waals surface area contributed by atoms with Crippen LogP contribution in [0.5, 0.6) is 0 Å². The molecule has 1 unspecified atom stereocenters. The van der Waals surface area contributed by atoms with Crippen molar-refractivity contribution in [3.8, 4) is 0 Å². The normalized spacial score (nSPS) is 22.7. The number of imide groups is 1. The molecular weight excluding hydrogens is 387 g/mol. The molecule has 0 spiro atoms. The Morgan fingerprint density at radius 1 is 1.07 bits per heavy atom. The van der Waals surface area contributed by atoms with Crippen LogP contribution >= 0.6 is 0 Å². The van der Waals surface area contributed by atoms with Crippen molar-refractivity contribution < 1.29 is 18.6 Å². The molecule has 1 aromatic rings. The van der Waals surface area contributed by atoms with E-state index >= 15 is 0 Å². The maximum absolute atomic E-state index is 13.2. The Labute approximate surface area is 175 Å². The molecule has 4 rings (SSSR count). The van der Waals surface area contributed by atoms with Crippen LogP contribution in [0.2, 0.25) is 0 Å². The average molecular weight is 415 g/mol. The second-order valence-corrected chi connectivity index (χ2v) is 7.96. The fourth-order valence-electron chi connectivity index (χ4n) is 4.29. The summed E-state index contributed by atoms with van der Waals surface area (Å²) in [7, 11) is 3.19. The lowest BCUT2D eigenvalue weighted by Crippen LogP contribution is -2.61. The molecule has 30 heavy (non-hydrogen) atoms. The van der Waals surface area contributed by atoms with Crippen LogP contribution < -0.4 is 4.90 Å². The van der Waals surface area contributed by atoms with Gasteiger partial charge in [0.1, 0.15) is 12.4 Å². The van der Waals surface area contributed by atoms with E-state index in [4.69, 9.17) is 4.99 Å². The molecule has 0 aromatic heterocycles. The Kier molecular flexibility index (Phi) is 5.55. The average Bonchev–Trinajstić information content (AvgIpc) is 3.10. The topological polar surface area (TPSA) is 62.5 Å². The van der Waals surface area contributed by atoms with Gasteiger partial charge in [-0.1, -0.05) is 6.92 Å². The molecule has 3 heterocycles. The number of amides is 3. The molecule has 8 nitrogen and oxygen atoms in total. The molecular formula is C21H28FN6O2+. The molecule has 0 bridgehead atoms. The zero-order valence-electron chi connectivity index (χ0n) is 17.7. The standard InChI is InChI=1S/C21H28FN6O2/c1-4-9-28-17(23-19-18(28)20(29)25(3)21(30)24(19)2)14-26-10-12-27(13-11-26)16-7-5-15(22)6-8-16/h5-8,18H,4,9-14H2,1-3H3/q+1. The number of fused-ring (bicyclic) bond motifs is 1. The minimum atomic E-state index is -0.520. The molecule has 1 atom stereocenters. The highest BCUT2D eigenvalue weighted by Gasteiger charge is 2.52. The highest BCUT2D eigenvalue weighted by Crippen LogP contribution is 2.21. The molecule has 3 aliphatic heterocycles. The Hall–Kier alpha value is -2.81. The molecule has 0 aliphatic carbocycles. The van der Waals surface area contributed by atoms with Crippen molar-refractivity contribution >= 4 is 29.3 Å². The lowest BCUT2D eigenvalue weighted by Gasteiger charge is -2.35. The molecule has 160 valence electrons. The Bertz CT molecular complexity index is 905. The van der Waals surface area contributed by atoms with Crippen molar-refractivity contribution in [2.75, 3.05) is 58.3 Å². The zero-order chi connectivity index (χ0) is 21.4. The number of piperazine rings is 1. The van der Waals surface area contributed by atoms with Crippen molar-refractivity contribution in [2.24, 2.45) is 4.99 Å². The minimum Gasteiger partial charge on any atom is -0.369 e. The van der Waals surface area contributed by atoms with Crippen LogP contribution in [0, 0.1) is 5.82 Å². The van der Waals surface area contributed by atoms with Gasteiger partial charge in [-0.3, -0.25) is 19.5 Å². The summed E-state index contributed by atoms with van der Waals surface area (Å²) in [6, 6.07) is 5.73. The quantitative estimate of drug-likeness (QED) is 0.675. The third-order valence-corrected chi connectivity index (χ3v) is 6.01. The first-order chi connectivity index (χ1) is 14.4. The molecule has 1 aromatic carbocycles. The van der Waals surface area contributed by atoms with Gasteiger partial charge in [0.25, 0.3) is 17.8 Å². The van der Waals surface area contributed by atoms with Gasteiger partial charge in [-0.15, -0.1) is 0 Å². The highest BCUT2D eigenvalue weighted by molar-refractivity contribution is 6.23. The van der Waals surface area contributed by atoms with E-state index in [0.717, 1.165) is 44.1 Å². The van der Waals surface area contributed by atoms with Crippen LogP contribution in [0.25, 0.3) is 0 Å². The number of nitrogens with zero attached hydrogens (tertiary/aromatic N) is 6. The van der Waals surface area contributed by atoms with E-state index in [9.17, 15) is 14.0 Å². The first kappa shape index (κ1) is 20.5. The van der Waals surface area contributed by atoms with Gasteiger partial charge < -0.3 is 4.90 Å². The molecule has 0 radical (unpaired) electrons. The van der Waals surface area contributed by atoms with Gasteiger partial charge in [0, 0.05) is 46.0 Å². The third kappa shape index (κ3) is 3.58. The summed E-state index contributed by atoms with van der Waals surface area (Å²) in [6.45, 7) is 6.79. The molecule has 0 N–H and O–H groups in total. The largest absolute Gasteiger partial charge is 0.369 e. The van der Waals surface area contributed by atoms with Gasteiger partial charge in [0.2, 0.25) is 0 Å². The summed E-state index contributed by atoms with van der Waals surface area (Å²) in [5.41, 5.74) is 1.03. The van der Waals surface area contributed by atoms with E-state index in [1.54, 1.807) is 7.05 Å². The highest BCUT2D eigenvalue weighted by atomic mass is 19.1. The summed E-state index contributed by atoms with van der Waals surface area (Å²) in [6.07, 6.45) is 0.885. The molecule has 2 saturated heterocycles. The summed E-state index contributed by atoms with van der Waals surface area (Å²) in [5.74, 6) is 0.920. The molecule has 2 fully saturated rings. The van der Waals surface area contributed by atoms with Gasteiger partial charge in [-0.25, -0.2) is 13.8 Å². The number of aliphatic imine (C=N–C) groups is 1. The van der Waals surface area contributed by atoms with Gasteiger partial charge in [0.15, 0.2) is 0 Å². The van der Waals surface area contributed by atoms with Gasteiger partial charge in [-0.2, -0.15) is 0 Å². The van der Waals surface area contributed by atoms with E-state index in [1.165, 1.54) is 29.0 Å². The predicted octanol–water partition coefficient (Wildman–Crippen LogP) is 1.07. The van der Waals surface area contributed by atoms with E-state index in [2.05, 4.69) is 16.7 Å². The SMILES string of the molecule is CCC[N+]1=C(CN2CCN(c3ccc(F)cc3)CC2)N=C2C1C(=O)N(C)C(=O)N2C. The Morgan fingerprint density at radius 2 is 1.73 bits per heavy atom. The van der Waals surface area contributed by atoms with Gasteiger partial charge >= 0.3 is 11.9 Å². The fraction of sp³-hybridized carbons (Fsp3) is 0.524. The van der Waals surface area contributed by atoms with E-state index in [-0.39, 0.29) is 17.8 Å². The van der Waals surface area contributed by atoms with Crippen LogP contribution in [0.4, 0.5) is 14.9 Å². The van der Waals surface area contributed by atoms with Crippen molar-refractivity contribution in [3.63, 3.8) is 0 Å². The second kappa shape index (κ2) is 8.14. The van der Waals surface area contributed by atoms with E-state index < -0.39 is 6.04 Å². The predicted molar refractivity (Wildman–Crippen MR) is 113 cm³/mol. The molecule has 0 saturated carbocycles. The Balaban J connectivity index is 1.48. The number of likely N-dealkylation sites (N-methyl/N-ethyl adjacent to an activating group) is 2. The lowest BCUT2D eigenvalue weighted by atomic mass is 10.1. The number of carbonyl (C=O) groups excluding carboxylic acids is 2. The minimum absolute atomic E-state index is 0.221. The van der Waals surface area contributed by atoms with Crippen LogP contribution in [-0.2, 0) is 4.79 Å². The first-order valence-corrected chi connectivity index (χ1v) is 10.4. The number of carbonyl (C=O) groups is 2. The second-order valence-electron chi connectivity index (χ2n) is 7.96. The summed E-state index contributed by atoms with van der Waals surface area (Å²) in [5, 5.41) is 0. The smallest absolute Gasteiger partial charge is 0.333 e. The summed E-state index contributed by atoms with van der Waals surface area (Å²) >= 11 is 0. The Morgan fingerprint density at radius 3 is 2.37 bits per heavy atom. The number of amidine groups is 2. The molecule has 9 heteroatoms. The number of anilines is 1. The number of hydrogen-bond acceptors (Lipinski definition) is 5. The summed E-state index contributed by atoms with van der Waals surface area (Å²) < 4.78 is 15.2. The number of benzene rings is 1. The third-order valence-electron chi connectivity index (χ3n) is 6.01. The maximum atomic E-state index is 13.2. The first-order valence-electron chi connectivity index (χ1n) is 10.4. The van der Waals surface area contributed by atoms with Gasteiger partial charge in [-0.05, 0) is 35.7 Å². The monoisotopic (exact) mass is 415 g/mol. The number of halogens is 1. The van der Waals surface area contributed by atoms with Crippen molar-refractivity contribution in [3.05, 3.63) is 30.1 Å². The number of urea groups is 1. The molecule has 3 amide bonds. The van der Waals surface area contributed by atoms with Crippen LogP contribution in [0.15, 0.2) is 29.3 Å². The molecule has 3 aliphatic rings.